The Labute approximate surface area is 116 Å². The molecule has 5 heteroatoms. The van der Waals surface area contributed by atoms with Gasteiger partial charge in [-0.2, -0.15) is 0 Å². The highest BCUT2D eigenvalue weighted by Crippen LogP contribution is 2.22. The molecule has 0 radical (unpaired) electrons. The van der Waals surface area contributed by atoms with Gasteiger partial charge in [0.05, 0.1) is 6.61 Å². The van der Waals surface area contributed by atoms with E-state index in [1.54, 1.807) is 7.11 Å². The van der Waals surface area contributed by atoms with Gasteiger partial charge in [0, 0.05) is 32.2 Å². The predicted octanol–water partition coefficient (Wildman–Crippen LogP) is 2.04. The first kappa shape index (κ1) is 15.7. The maximum Gasteiger partial charge on any atom is 0.137 e. The molecule has 0 saturated carbocycles. The van der Waals surface area contributed by atoms with Crippen molar-refractivity contribution in [2.75, 3.05) is 37.4 Å². The molecule has 0 atom stereocenters. The van der Waals surface area contributed by atoms with E-state index >= 15 is 0 Å². The van der Waals surface area contributed by atoms with Gasteiger partial charge < -0.3 is 15.4 Å². The van der Waals surface area contributed by atoms with Gasteiger partial charge in [-0.15, -0.1) is 0 Å². The highest BCUT2D eigenvalue weighted by molar-refractivity contribution is 5.56. The number of ether oxygens (including phenoxy) is 1. The van der Waals surface area contributed by atoms with E-state index in [2.05, 4.69) is 28.7 Å². The third-order valence-corrected chi connectivity index (χ3v) is 2.97. The lowest BCUT2D eigenvalue weighted by Gasteiger charge is -2.27. The number of rotatable bonds is 7. The fourth-order valence-corrected chi connectivity index (χ4v) is 1.96. The monoisotopic (exact) mass is 266 g/mol. The Morgan fingerprint density at radius 2 is 2.00 bits per heavy atom. The molecule has 1 rings (SSSR count). The lowest BCUT2D eigenvalue weighted by atomic mass is 10.2. The molecule has 0 aliphatic rings. The fourth-order valence-electron chi connectivity index (χ4n) is 1.96. The molecule has 0 spiro atoms. The molecule has 0 bridgehead atoms. The maximum absolute atomic E-state index is 5.99. The van der Waals surface area contributed by atoms with Crippen LogP contribution in [0, 0.1) is 12.8 Å². The van der Waals surface area contributed by atoms with Crippen LogP contribution >= 0.6 is 0 Å². The van der Waals surface area contributed by atoms with E-state index in [0.29, 0.717) is 18.3 Å². The first-order chi connectivity index (χ1) is 8.99. The Morgan fingerprint density at radius 1 is 1.32 bits per heavy atom. The van der Waals surface area contributed by atoms with Gasteiger partial charge in [0.1, 0.15) is 17.5 Å². The zero-order valence-electron chi connectivity index (χ0n) is 12.7. The van der Waals surface area contributed by atoms with Crippen molar-refractivity contribution in [2.45, 2.75) is 34.1 Å². The summed E-state index contributed by atoms with van der Waals surface area (Å²) in [6.45, 7) is 10.8. The van der Waals surface area contributed by atoms with Gasteiger partial charge in [-0.05, 0) is 12.8 Å². The van der Waals surface area contributed by atoms with Crippen molar-refractivity contribution in [1.29, 1.82) is 0 Å². The largest absolute Gasteiger partial charge is 0.383 e. The van der Waals surface area contributed by atoms with Crippen LogP contribution in [-0.4, -0.2) is 36.8 Å². The van der Waals surface area contributed by atoms with Crippen molar-refractivity contribution in [1.82, 2.24) is 9.97 Å². The number of aromatic nitrogens is 2. The minimum absolute atomic E-state index is 0.553. The van der Waals surface area contributed by atoms with Crippen LogP contribution in [0.15, 0.2) is 0 Å². The third kappa shape index (κ3) is 4.35. The lowest BCUT2D eigenvalue weighted by Crippen LogP contribution is -2.33. The SMILES string of the molecule is CCc1nc(N)c(C)c(N(CCOC)CC(C)C)n1. The van der Waals surface area contributed by atoms with Gasteiger partial charge in [-0.3, -0.25) is 0 Å². The van der Waals surface area contributed by atoms with Crippen molar-refractivity contribution < 1.29 is 4.74 Å². The van der Waals surface area contributed by atoms with Gasteiger partial charge in [0.15, 0.2) is 0 Å². The number of hydrogen-bond acceptors (Lipinski definition) is 5. The second-order valence-electron chi connectivity index (χ2n) is 5.16. The Bertz CT molecular complexity index is 407. The standard InChI is InChI=1S/C14H26N4O/c1-6-12-16-13(15)11(4)14(17-12)18(7-8-19-5)9-10(2)3/h10H,6-9H2,1-5H3,(H2,15,16,17). The minimum Gasteiger partial charge on any atom is -0.383 e. The molecule has 0 fully saturated rings. The third-order valence-electron chi connectivity index (χ3n) is 2.97. The second kappa shape index (κ2) is 7.28. The minimum atomic E-state index is 0.553. The number of aryl methyl sites for hydroxylation is 1. The summed E-state index contributed by atoms with van der Waals surface area (Å²) >= 11 is 0. The molecule has 0 aliphatic heterocycles. The summed E-state index contributed by atoms with van der Waals surface area (Å²) in [5, 5.41) is 0. The van der Waals surface area contributed by atoms with Gasteiger partial charge >= 0.3 is 0 Å². The predicted molar refractivity (Wildman–Crippen MR) is 79.5 cm³/mol. The van der Waals surface area contributed by atoms with Crippen LogP contribution in [0.3, 0.4) is 0 Å². The molecule has 108 valence electrons. The number of nitrogens with zero attached hydrogens (tertiary/aromatic N) is 3. The van der Waals surface area contributed by atoms with Gasteiger partial charge in [-0.25, -0.2) is 9.97 Å². The van der Waals surface area contributed by atoms with E-state index in [-0.39, 0.29) is 0 Å². The molecule has 0 saturated heterocycles. The average Bonchev–Trinajstić information content (AvgIpc) is 2.37. The molecule has 0 amide bonds. The molecule has 0 unspecified atom stereocenters. The second-order valence-corrected chi connectivity index (χ2v) is 5.16. The lowest BCUT2D eigenvalue weighted by molar-refractivity contribution is 0.204. The Morgan fingerprint density at radius 3 is 2.53 bits per heavy atom. The van der Waals surface area contributed by atoms with Crippen molar-refractivity contribution in [3.8, 4) is 0 Å². The van der Waals surface area contributed by atoms with E-state index in [1.807, 2.05) is 13.8 Å². The molecule has 5 nitrogen and oxygen atoms in total. The number of nitrogens with two attached hydrogens (primary N) is 1. The maximum atomic E-state index is 5.99. The van der Waals surface area contributed by atoms with Crippen molar-refractivity contribution in [3.05, 3.63) is 11.4 Å². The quantitative estimate of drug-likeness (QED) is 0.818. The first-order valence-corrected chi connectivity index (χ1v) is 6.86. The molecule has 19 heavy (non-hydrogen) atoms. The van der Waals surface area contributed by atoms with Crippen LogP contribution in [0.1, 0.15) is 32.2 Å². The van der Waals surface area contributed by atoms with Crippen LogP contribution < -0.4 is 10.6 Å². The molecule has 1 heterocycles. The van der Waals surface area contributed by atoms with Crippen molar-refractivity contribution in [2.24, 2.45) is 5.92 Å². The van der Waals surface area contributed by atoms with E-state index in [1.165, 1.54) is 0 Å². The molecular weight excluding hydrogens is 240 g/mol. The van der Waals surface area contributed by atoms with Crippen LogP contribution in [0.25, 0.3) is 0 Å². The smallest absolute Gasteiger partial charge is 0.137 e. The van der Waals surface area contributed by atoms with Gasteiger partial charge in [-0.1, -0.05) is 20.8 Å². The molecule has 1 aromatic rings. The molecule has 2 N–H and O–H groups in total. The van der Waals surface area contributed by atoms with Crippen molar-refractivity contribution in [3.63, 3.8) is 0 Å². The summed E-state index contributed by atoms with van der Waals surface area (Å²) in [7, 11) is 1.71. The summed E-state index contributed by atoms with van der Waals surface area (Å²) in [6, 6.07) is 0. The normalized spacial score (nSPS) is 11.1. The first-order valence-electron chi connectivity index (χ1n) is 6.86. The Hall–Kier alpha value is -1.36. The Balaban J connectivity index is 3.08. The van der Waals surface area contributed by atoms with Crippen LogP contribution in [0.5, 0.6) is 0 Å². The van der Waals surface area contributed by atoms with Crippen molar-refractivity contribution >= 4 is 11.6 Å². The molecule has 0 aliphatic carbocycles. The van der Waals surface area contributed by atoms with E-state index in [9.17, 15) is 0 Å². The molecule has 0 aromatic carbocycles. The number of anilines is 2. The fraction of sp³-hybridized carbons (Fsp3) is 0.714. The average molecular weight is 266 g/mol. The van der Waals surface area contributed by atoms with Crippen LogP contribution in [-0.2, 0) is 11.2 Å². The summed E-state index contributed by atoms with van der Waals surface area (Å²) in [5.74, 6) is 2.87. The Kier molecular flexibility index (Phi) is 6.02. The number of nitrogen functional groups attached to an aromatic ring is 1. The highest BCUT2D eigenvalue weighted by atomic mass is 16.5. The van der Waals surface area contributed by atoms with Crippen LogP contribution in [0.4, 0.5) is 11.6 Å². The van der Waals surface area contributed by atoms with E-state index < -0.39 is 0 Å². The summed E-state index contributed by atoms with van der Waals surface area (Å²) in [6.07, 6.45) is 0.789. The summed E-state index contributed by atoms with van der Waals surface area (Å²) in [4.78, 5) is 11.2. The van der Waals surface area contributed by atoms with Gasteiger partial charge in [0.25, 0.3) is 0 Å². The molecule has 1 aromatic heterocycles. The van der Waals surface area contributed by atoms with Crippen LogP contribution in [0.2, 0.25) is 0 Å². The topological polar surface area (TPSA) is 64.3 Å². The van der Waals surface area contributed by atoms with E-state index in [4.69, 9.17) is 10.5 Å². The number of hydrogen-bond donors (Lipinski definition) is 1. The van der Waals surface area contributed by atoms with Gasteiger partial charge in [0.2, 0.25) is 0 Å². The summed E-state index contributed by atoms with van der Waals surface area (Å²) in [5.41, 5.74) is 6.94. The zero-order chi connectivity index (χ0) is 14.4. The van der Waals surface area contributed by atoms with E-state index in [0.717, 1.165) is 36.7 Å². The summed E-state index contributed by atoms with van der Waals surface area (Å²) < 4.78 is 5.19. The number of methoxy groups -OCH3 is 1. The molecular formula is C14H26N4O. The highest BCUT2D eigenvalue weighted by Gasteiger charge is 2.16. The zero-order valence-corrected chi connectivity index (χ0v) is 12.7.